The maximum Gasteiger partial charge on any atom is 0.231 e. The first-order valence-corrected chi connectivity index (χ1v) is 7.40. The number of carbonyl (C=O) groups excluding carboxylic acids is 1. The lowest BCUT2D eigenvalue weighted by molar-refractivity contribution is -0.115. The first-order valence-electron chi connectivity index (χ1n) is 7.40. The van der Waals surface area contributed by atoms with Crippen molar-refractivity contribution in [3.8, 4) is 5.75 Å². The van der Waals surface area contributed by atoms with Gasteiger partial charge < -0.3 is 14.6 Å². The van der Waals surface area contributed by atoms with Crippen LogP contribution in [0.25, 0.3) is 21.9 Å². The summed E-state index contributed by atoms with van der Waals surface area (Å²) in [5.41, 5.74) is 2.08. The van der Waals surface area contributed by atoms with Crippen LogP contribution in [0.5, 0.6) is 5.75 Å². The number of H-pyrrole nitrogens is 1. The number of benzene rings is 2. The quantitative estimate of drug-likeness (QED) is 0.602. The predicted molar refractivity (Wildman–Crippen MR) is 89.0 cm³/mol. The highest BCUT2D eigenvalue weighted by molar-refractivity contribution is 6.01. The zero-order chi connectivity index (χ0) is 16.5. The number of hydrogen-bond donors (Lipinski definition) is 2. The van der Waals surface area contributed by atoms with Gasteiger partial charge in [0.25, 0.3) is 0 Å². The van der Waals surface area contributed by atoms with Gasteiger partial charge >= 0.3 is 0 Å². The third kappa shape index (κ3) is 2.45. The van der Waals surface area contributed by atoms with Gasteiger partial charge in [0.05, 0.1) is 19.0 Å². The molecule has 0 atom stereocenters. The zero-order valence-electron chi connectivity index (χ0n) is 12.9. The highest BCUT2D eigenvalue weighted by atomic mass is 16.5. The largest absolute Gasteiger partial charge is 0.497 e. The number of methoxy groups -OCH3 is 1. The molecule has 4 aromatic rings. The van der Waals surface area contributed by atoms with Crippen LogP contribution in [0.3, 0.4) is 0 Å². The summed E-state index contributed by atoms with van der Waals surface area (Å²) < 4.78 is 10.4. The number of aromatic amines is 1. The minimum absolute atomic E-state index is 0.106. The van der Waals surface area contributed by atoms with Crippen molar-refractivity contribution in [2.75, 3.05) is 12.4 Å². The Kier molecular flexibility index (Phi) is 3.38. The minimum atomic E-state index is -0.217. The number of anilines is 1. The van der Waals surface area contributed by atoms with Gasteiger partial charge in [-0.3, -0.25) is 9.89 Å². The molecule has 0 unspecified atom stereocenters. The number of nitrogens with zero attached hydrogens (tertiary/aromatic N) is 2. The van der Waals surface area contributed by atoms with Crippen LogP contribution in [-0.4, -0.2) is 28.4 Å². The molecule has 24 heavy (non-hydrogen) atoms. The van der Waals surface area contributed by atoms with Crippen LogP contribution >= 0.6 is 0 Å². The van der Waals surface area contributed by atoms with Crippen LogP contribution in [0.15, 0.2) is 47.0 Å². The van der Waals surface area contributed by atoms with Crippen LogP contribution in [0.4, 0.5) is 5.82 Å². The average molecular weight is 322 g/mol. The monoisotopic (exact) mass is 322 g/mol. The second kappa shape index (κ2) is 5.69. The van der Waals surface area contributed by atoms with E-state index in [9.17, 15) is 4.79 Å². The Morgan fingerprint density at radius 1 is 1.25 bits per heavy atom. The molecule has 120 valence electrons. The van der Waals surface area contributed by atoms with E-state index in [4.69, 9.17) is 9.26 Å². The number of carbonyl (C=O) groups is 1. The predicted octanol–water partition coefficient (Wildman–Crippen LogP) is 2.89. The van der Waals surface area contributed by atoms with Gasteiger partial charge in [-0.2, -0.15) is 5.10 Å². The van der Waals surface area contributed by atoms with Gasteiger partial charge in [-0.05, 0) is 30.3 Å². The number of fused-ring (bicyclic) bond motifs is 2. The molecule has 2 heterocycles. The SMILES string of the molecule is COc1ccc2[nH]nc(NC(=O)Cc3noc4ccccc34)c2c1. The Hall–Kier alpha value is -3.35. The second-order valence-electron chi connectivity index (χ2n) is 5.33. The fraction of sp³-hybridized carbons (Fsp3) is 0.118. The Labute approximate surface area is 136 Å². The third-order valence-electron chi connectivity index (χ3n) is 3.81. The number of ether oxygens (including phenoxy) is 1. The first kappa shape index (κ1) is 14.3. The number of aromatic nitrogens is 3. The van der Waals surface area contributed by atoms with E-state index in [-0.39, 0.29) is 12.3 Å². The topological polar surface area (TPSA) is 93.0 Å². The average Bonchev–Trinajstić information content (AvgIpc) is 3.19. The van der Waals surface area contributed by atoms with Crippen LogP contribution < -0.4 is 10.1 Å². The van der Waals surface area contributed by atoms with E-state index in [0.29, 0.717) is 22.8 Å². The number of hydrogen-bond acceptors (Lipinski definition) is 5. The van der Waals surface area contributed by atoms with E-state index in [1.807, 2.05) is 42.5 Å². The molecular weight excluding hydrogens is 308 g/mol. The Bertz CT molecular complexity index is 1030. The molecule has 0 aliphatic rings. The van der Waals surface area contributed by atoms with Gasteiger partial charge in [0, 0.05) is 10.8 Å². The van der Waals surface area contributed by atoms with Crippen molar-refractivity contribution in [3.05, 3.63) is 48.2 Å². The van der Waals surface area contributed by atoms with Gasteiger partial charge in [-0.1, -0.05) is 17.3 Å². The molecule has 0 saturated heterocycles. The van der Waals surface area contributed by atoms with Crippen molar-refractivity contribution >= 4 is 33.6 Å². The van der Waals surface area contributed by atoms with Crippen LogP contribution in [0.2, 0.25) is 0 Å². The molecule has 2 aromatic carbocycles. The summed E-state index contributed by atoms with van der Waals surface area (Å²) in [4.78, 5) is 12.3. The van der Waals surface area contributed by atoms with Crippen molar-refractivity contribution in [1.82, 2.24) is 15.4 Å². The molecule has 0 bridgehead atoms. The van der Waals surface area contributed by atoms with E-state index < -0.39 is 0 Å². The van der Waals surface area contributed by atoms with Crippen molar-refractivity contribution < 1.29 is 14.1 Å². The Balaban J connectivity index is 1.58. The lowest BCUT2D eigenvalue weighted by atomic mass is 10.1. The second-order valence-corrected chi connectivity index (χ2v) is 5.33. The van der Waals surface area contributed by atoms with Crippen molar-refractivity contribution in [2.24, 2.45) is 0 Å². The molecular formula is C17H14N4O3. The highest BCUT2D eigenvalue weighted by Gasteiger charge is 2.15. The normalized spacial score (nSPS) is 11.0. The molecule has 4 rings (SSSR count). The smallest absolute Gasteiger partial charge is 0.231 e. The van der Waals surface area contributed by atoms with Crippen LogP contribution in [0, 0.1) is 0 Å². The number of amides is 1. The molecule has 7 heteroatoms. The number of nitrogens with one attached hydrogen (secondary N) is 2. The van der Waals surface area contributed by atoms with Gasteiger partial charge in [-0.15, -0.1) is 0 Å². The third-order valence-corrected chi connectivity index (χ3v) is 3.81. The minimum Gasteiger partial charge on any atom is -0.497 e. The summed E-state index contributed by atoms with van der Waals surface area (Å²) in [5.74, 6) is 0.939. The molecule has 2 aromatic heterocycles. The summed E-state index contributed by atoms with van der Waals surface area (Å²) in [6.45, 7) is 0. The molecule has 0 aliphatic carbocycles. The molecule has 0 aliphatic heterocycles. The maximum absolute atomic E-state index is 12.3. The molecule has 0 radical (unpaired) electrons. The Morgan fingerprint density at radius 3 is 3.00 bits per heavy atom. The van der Waals surface area contributed by atoms with E-state index in [2.05, 4.69) is 20.7 Å². The number of para-hydroxylation sites is 1. The summed E-state index contributed by atoms with van der Waals surface area (Å²) in [7, 11) is 1.59. The van der Waals surface area contributed by atoms with Gasteiger partial charge in [0.2, 0.25) is 5.91 Å². The zero-order valence-corrected chi connectivity index (χ0v) is 12.9. The van der Waals surface area contributed by atoms with Gasteiger partial charge in [0.1, 0.15) is 11.4 Å². The molecule has 1 amide bonds. The number of rotatable bonds is 4. The lowest BCUT2D eigenvalue weighted by Crippen LogP contribution is -2.15. The fourth-order valence-electron chi connectivity index (χ4n) is 2.61. The lowest BCUT2D eigenvalue weighted by Gasteiger charge is -2.02. The first-order chi connectivity index (χ1) is 11.7. The summed E-state index contributed by atoms with van der Waals surface area (Å²) in [5, 5.41) is 15.4. The van der Waals surface area contributed by atoms with E-state index >= 15 is 0 Å². The van der Waals surface area contributed by atoms with E-state index in [0.717, 1.165) is 16.3 Å². The summed E-state index contributed by atoms with van der Waals surface area (Å²) in [6.07, 6.45) is 0.106. The summed E-state index contributed by atoms with van der Waals surface area (Å²) >= 11 is 0. The molecule has 0 saturated carbocycles. The fourth-order valence-corrected chi connectivity index (χ4v) is 2.61. The van der Waals surface area contributed by atoms with E-state index in [1.54, 1.807) is 7.11 Å². The van der Waals surface area contributed by atoms with Crippen molar-refractivity contribution in [1.29, 1.82) is 0 Å². The van der Waals surface area contributed by atoms with Gasteiger partial charge in [-0.25, -0.2) is 0 Å². The molecule has 2 N–H and O–H groups in total. The van der Waals surface area contributed by atoms with Crippen LogP contribution in [-0.2, 0) is 11.2 Å². The van der Waals surface area contributed by atoms with Crippen molar-refractivity contribution in [3.63, 3.8) is 0 Å². The van der Waals surface area contributed by atoms with Crippen LogP contribution in [0.1, 0.15) is 5.69 Å². The molecule has 0 fully saturated rings. The van der Waals surface area contributed by atoms with Gasteiger partial charge in [0.15, 0.2) is 11.4 Å². The molecule has 0 spiro atoms. The van der Waals surface area contributed by atoms with E-state index in [1.165, 1.54) is 0 Å². The summed E-state index contributed by atoms with van der Waals surface area (Å²) in [6, 6.07) is 12.9. The Morgan fingerprint density at radius 2 is 2.12 bits per heavy atom. The standard InChI is InChI=1S/C17H14N4O3/c1-23-10-6-7-13-12(8-10)17(20-19-13)18-16(22)9-14-11-4-2-3-5-15(11)24-21-14/h2-8H,9H2,1H3,(H2,18,19,20,22). The molecule has 7 nitrogen and oxygen atoms in total. The highest BCUT2D eigenvalue weighted by Crippen LogP contribution is 2.25. The maximum atomic E-state index is 12.3. The van der Waals surface area contributed by atoms with Crippen molar-refractivity contribution in [2.45, 2.75) is 6.42 Å².